The first kappa shape index (κ1) is 10.9. The number of sulfonamides is 1. The number of nitrogens with zero attached hydrogens (tertiary/aromatic N) is 1. The van der Waals surface area contributed by atoms with Crippen LogP contribution in [0.4, 0.5) is 0 Å². The number of hydrogen-bond acceptors (Lipinski definition) is 4. The van der Waals surface area contributed by atoms with Crippen LogP contribution in [0.15, 0.2) is 0 Å². The summed E-state index contributed by atoms with van der Waals surface area (Å²) < 4.78 is 29.8. The Labute approximate surface area is 89.4 Å². The summed E-state index contributed by atoms with van der Waals surface area (Å²) in [6.07, 6.45) is 2.78. The van der Waals surface area contributed by atoms with Gasteiger partial charge in [-0.25, -0.2) is 8.42 Å². The molecule has 1 aliphatic carbocycles. The molecule has 0 radical (unpaired) electrons. The van der Waals surface area contributed by atoms with E-state index in [4.69, 9.17) is 0 Å². The van der Waals surface area contributed by atoms with Gasteiger partial charge in [-0.3, -0.25) is 4.79 Å². The lowest BCUT2D eigenvalue weighted by molar-refractivity contribution is -0.144. The standard InChI is InChI=1S/C9H15NO4S/c1-14-9(11)8-3-2-6-10(8)15(12,13)7-4-5-7/h7-8H,2-6H2,1H3. The van der Waals surface area contributed by atoms with E-state index in [0.717, 1.165) is 19.3 Å². The lowest BCUT2D eigenvalue weighted by atomic mass is 10.2. The molecule has 15 heavy (non-hydrogen) atoms. The van der Waals surface area contributed by atoms with Crippen molar-refractivity contribution in [3.63, 3.8) is 0 Å². The quantitative estimate of drug-likeness (QED) is 0.649. The molecule has 1 saturated heterocycles. The first-order valence-electron chi connectivity index (χ1n) is 5.16. The minimum Gasteiger partial charge on any atom is -0.468 e. The van der Waals surface area contributed by atoms with E-state index in [1.54, 1.807) is 0 Å². The van der Waals surface area contributed by atoms with Gasteiger partial charge in [-0.05, 0) is 25.7 Å². The first-order valence-corrected chi connectivity index (χ1v) is 6.66. The Morgan fingerprint density at radius 3 is 2.53 bits per heavy atom. The Morgan fingerprint density at radius 2 is 2.00 bits per heavy atom. The summed E-state index contributed by atoms with van der Waals surface area (Å²) in [4.78, 5) is 11.4. The van der Waals surface area contributed by atoms with Gasteiger partial charge in [0.2, 0.25) is 10.0 Å². The van der Waals surface area contributed by atoms with E-state index in [0.29, 0.717) is 13.0 Å². The molecule has 0 N–H and O–H groups in total. The van der Waals surface area contributed by atoms with Crippen molar-refractivity contribution in [2.24, 2.45) is 0 Å². The lowest BCUT2D eigenvalue weighted by Crippen LogP contribution is -2.42. The highest BCUT2D eigenvalue weighted by molar-refractivity contribution is 7.90. The monoisotopic (exact) mass is 233 g/mol. The fraction of sp³-hybridized carbons (Fsp3) is 0.889. The van der Waals surface area contributed by atoms with Gasteiger partial charge in [-0.1, -0.05) is 0 Å². The number of carbonyl (C=O) groups is 1. The second-order valence-corrected chi connectivity index (χ2v) is 6.20. The molecule has 1 atom stereocenters. The van der Waals surface area contributed by atoms with Crippen LogP contribution in [0.25, 0.3) is 0 Å². The molecular formula is C9H15NO4S. The Kier molecular flexibility index (Phi) is 2.72. The molecule has 2 aliphatic rings. The SMILES string of the molecule is COC(=O)C1CCCN1S(=O)(=O)C1CC1. The summed E-state index contributed by atoms with van der Waals surface area (Å²) >= 11 is 0. The summed E-state index contributed by atoms with van der Waals surface area (Å²) in [5.41, 5.74) is 0. The Hall–Kier alpha value is -0.620. The normalized spacial score (nSPS) is 27.9. The van der Waals surface area contributed by atoms with Gasteiger partial charge in [0, 0.05) is 6.54 Å². The van der Waals surface area contributed by atoms with Crippen molar-refractivity contribution in [3.05, 3.63) is 0 Å². The molecule has 6 heteroatoms. The minimum absolute atomic E-state index is 0.247. The molecule has 2 rings (SSSR count). The molecule has 0 spiro atoms. The van der Waals surface area contributed by atoms with Gasteiger partial charge in [-0.15, -0.1) is 0 Å². The summed E-state index contributed by atoms with van der Waals surface area (Å²) in [5.74, 6) is -0.434. The van der Waals surface area contributed by atoms with Gasteiger partial charge in [0.1, 0.15) is 6.04 Å². The largest absolute Gasteiger partial charge is 0.468 e. The predicted octanol–water partition coefficient (Wildman–Crippen LogP) is 0.116. The topological polar surface area (TPSA) is 63.7 Å². The van der Waals surface area contributed by atoms with E-state index in [9.17, 15) is 13.2 Å². The van der Waals surface area contributed by atoms with Crippen molar-refractivity contribution in [2.45, 2.75) is 37.0 Å². The van der Waals surface area contributed by atoms with Crippen molar-refractivity contribution in [1.82, 2.24) is 4.31 Å². The van der Waals surface area contributed by atoms with Gasteiger partial charge < -0.3 is 4.74 Å². The highest BCUT2D eigenvalue weighted by atomic mass is 32.2. The highest BCUT2D eigenvalue weighted by Gasteiger charge is 2.46. The van der Waals surface area contributed by atoms with Crippen LogP contribution in [-0.2, 0) is 19.6 Å². The zero-order valence-corrected chi connectivity index (χ0v) is 9.50. The van der Waals surface area contributed by atoms with Crippen molar-refractivity contribution in [3.8, 4) is 0 Å². The second-order valence-electron chi connectivity index (χ2n) is 4.04. The van der Waals surface area contributed by atoms with E-state index in [-0.39, 0.29) is 5.25 Å². The molecule has 0 amide bonds. The van der Waals surface area contributed by atoms with Crippen molar-refractivity contribution in [1.29, 1.82) is 0 Å². The zero-order valence-electron chi connectivity index (χ0n) is 8.68. The molecule has 1 unspecified atom stereocenters. The minimum atomic E-state index is -3.24. The van der Waals surface area contributed by atoms with Crippen LogP contribution in [0.3, 0.4) is 0 Å². The maximum absolute atomic E-state index is 11.9. The van der Waals surface area contributed by atoms with Crippen molar-refractivity contribution < 1.29 is 17.9 Å². The summed E-state index contributed by atoms with van der Waals surface area (Å²) in [6.45, 7) is 0.457. The summed E-state index contributed by atoms with van der Waals surface area (Å²) in [5, 5.41) is -0.247. The smallest absolute Gasteiger partial charge is 0.324 e. The van der Waals surface area contributed by atoms with E-state index in [2.05, 4.69) is 4.74 Å². The van der Waals surface area contributed by atoms with Crippen LogP contribution >= 0.6 is 0 Å². The van der Waals surface area contributed by atoms with E-state index < -0.39 is 22.0 Å². The molecule has 2 fully saturated rings. The number of esters is 1. The molecule has 86 valence electrons. The Balaban J connectivity index is 2.17. The van der Waals surface area contributed by atoms with E-state index in [1.807, 2.05) is 0 Å². The third-order valence-electron chi connectivity index (χ3n) is 2.95. The maximum atomic E-state index is 11.9. The first-order chi connectivity index (χ1) is 7.07. The highest BCUT2D eigenvalue weighted by Crippen LogP contribution is 2.34. The maximum Gasteiger partial charge on any atom is 0.324 e. The van der Waals surface area contributed by atoms with E-state index in [1.165, 1.54) is 11.4 Å². The molecule has 0 aromatic carbocycles. The van der Waals surface area contributed by atoms with Crippen LogP contribution in [-0.4, -0.2) is 43.6 Å². The van der Waals surface area contributed by atoms with E-state index >= 15 is 0 Å². The number of rotatable bonds is 3. The summed E-state index contributed by atoms with van der Waals surface area (Å²) in [6, 6.07) is -0.583. The third kappa shape index (κ3) is 1.88. The predicted molar refractivity (Wildman–Crippen MR) is 53.7 cm³/mol. The van der Waals surface area contributed by atoms with Gasteiger partial charge in [0.05, 0.1) is 12.4 Å². The van der Waals surface area contributed by atoms with Crippen LogP contribution in [0.2, 0.25) is 0 Å². The van der Waals surface area contributed by atoms with Crippen LogP contribution in [0, 0.1) is 0 Å². The average molecular weight is 233 g/mol. The zero-order chi connectivity index (χ0) is 11.1. The third-order valence-corrected chi connectivity index (χ3v) is 5.35. The molecular weight excluding hydrogens is 218 g/mol. The number of ether oxygens (including phenoxy) is 1. The van der Waals surface area contributed by atoms with Crippen LogP contribution < -0.4 is 0 Å². The van der Waals surface area contributed by atoms with Gasteiger partial charge in [0.15, 0.2) is 0 Å². The van der Waals surface area contributed by atoms with Gasteiger partial charge in [-0.2, -0.15) is 4.31 Å². The van der Waals surface area contributed by atoms with Gasteiger partial charge in [0.25, 0.3) is 0 Å². The van der Waals surface area contributed by atoms with Gasteiger partial charge >= 0.3 is 5.97 Å². The molecule has 1 heterocycles. The van der Waals surface area contributed by atoms with Crippen LogP contribution in [0.1, 0.15) is 25.7 Å². The fourth-order valence-electron chi connectivity index (χ4n) is 1.97. The molecule has 0 aromatic rings. The Morgan fingerprint density at radius 1 is 1.33 bits per heavy atom. The number of methoxy groups -OCH3 is 1. The second kappa shape index (κ2) is 3.75. The van der Waals surface area contributed by atoms with Crippen molar-refractivity contribution in [2.75, 3.05) is 13.7 Å². The molecule has 5 nitrogen and oxygen atoms in total. The van der Waals surface area contributed by atoms with Crippen molar-refractivity contribution >= 4 is 16.0 Å². The molecule has 1 aliphatic heterocycles. The molecule has 0 aromatic heterocycles. The molecule has 1 saturated carbocycles. The number of hydrogen-bond donors (Lipinski definition) is 0. The number of carbonyl (C=O) groups excluding carboxylic acids is 1. The Bertz CT molecular complexity index is 360. The fourth-order valence-corrected chi connectivity index (χ4v) is 4.02. The van der Waals surface area contributed by atoms with Crippen LogP contribution in [0.5, 0.6) is 0 Å². The lowest BCUT2D eigenvalue weighted by Gasteiger charge is -2.21. The summed E-state index contributed by atoms with van der Waals surface area (Å²) in [7, 11) is -1.94. The molecule has 0 bridgehead atoms. The average Bonchev–Trinajstić information content (AvgIpc) is 2.95.